The summed E-state index contributed by atoms with van der Waals surface area (Å²) in [4.78, 5) is 0. The third-order valence-corrected chi connectivity index (χ3v) is 6.96. The van der Waals surface area contributed by atoms with Gasteiger partial charge in [0.25, 0.3) is 0 Å². The summed E-state index contributed by atoms with van der Waals surface area (Å²) in [5.41, 5.74) is -3.58. The van der Waals surface area contributed by atoms with E-state index in [1.807, 2.05) is 31.2 Å². The first kappa shape index (κ1) is 21.1. The van der Waals surface area contributed by atoms with Crippen LogP contribution in [0.4, 0.5) is 0 Å². The summed E-state index contributed by atoms with van der Waals surface area (Å²) in [6.07, 6.45) is 0. The molecule has 1 aromatic rings. The second-order valence-electron chi connectivity index (χ2n) is 7.63. The number of aliphatic hydroxyl groups excluding tert-OH is 1. The van der Waals surface area contributed by atoms with Gasteiger partial charge in [-0.25, -0.2) is 0 Å². The van der Waals surface area contributed by atoms with Crippen molar-refractivity contribution < 1.29 is 25.5 Å². The van der Waals surface area contributed by atoms with Crippen LogP contribution in [0.5, 0.6) is 0 Å². The van der Waals surface area contributed by atoms with E-state index in [1.165, 1.54) is 39.5 Å². The van der Waals surface area contributed by atoms with E-state index in [0.29, 0.717) is 5.04 Å². The maximum absolute atomic E-state index is 11.1. The maximum atomic E-state index is 11.1. The van der Waals surface area contributed by atoms with E-state index >= 15 is 0 Å². The summed E-state index contributed by atoms with van der Waals surface area (Å²) < 4.78 is 0. The Balaban J connectivity index is 2.26. The second kappa shape index (κ2) is 6.78. The molecule has 0 saturated heterocycles. The van der Waals surface area contributed by atoms with Crippen LogP contribution in [0.1, 0.15) is 38.8 Å². The van der Waals surface area contributed by atoms with Crippen molar-refractivity contribution in [1.29, 1.82) is 0 Å². The van der Waals surface area contributed by atoms with E-state index in [1.54, 1.807) is 0 Å². The molecule has 8 heteroatoms. The van der Waals surface area contributed by atoms with Gasteiger partial charge in [0.15, 0.2) is 0 Å². The van der Waals surface area contributed by atoms with Gasteiger partial charge in [0.1, 0.15) is 32.8 Å². The van der Waals surface area contributed by atoms with E-state index in [9.17, 15) is 25.5 Å². The van der Waals surface area contributed by atoms with E-state index in [0.717, 1.165) is 11.1 Å². The van der Waals surface area contributed by atoms with Crippen LogP contribution in [0.2, 0.25) is 0 Å². The van der Waals surface area contributed by atoms with Crippen LogP contribution in [-0.2, 0) is 0 Å². The summed E-state index contributed by atoms with van der Waals surface area (Å²) in [5.74, 6) is 0. The molecule has 0 unspecified atom stereocenters. The van der Waals surface area contributed by atoms with Crippen LogP contribution in [0.15, 0.2) is 29.4 Å². The van der Waals surface area contributed by atoms with Crippen molar-refractivity contribution in [2.45, 2.75) is 62.4 Å². The summed E-state index contributed by atoms with van der Waals surface area (Å²) in [5, 5.41) is 56.7. The fourth-order valence-electron chi connectivity index (χ4n) is 2.78. The summed E-state index contributed by atoms with van der Waals surface area (Å²) in [6, 6.07) is 7.71. The lowest BCUT2D eigenvalue weighted by molar-refractivity contribution is -0.286. The first-order chi connectivity index (χ1) is 11.8. The smallest absolute Gasteiger partial charge is 0.127 e. The standard InChI is InChI=1S/C18H28N2O5S/c1-11-6-8-12(9-7-11)13-19-20-14(26-13)16(3,23)18(5,25)17(4,24)15(2,22)10-21/h6-9,14,20-25H,10H2,1-5H3/t14-,15-,16+,17-,18+/m1/s1. The number of hydrazone groups is 1. The van der Waals surface area contributed by atoms with E-state index < -0.39 is 34.4 Å². The van der Waals surface area contributed by atoms with Gasteiger partial charge < -0.3 is 25.5 Å². The lowest BCUT2D eigenvalue weighted by Gasteiger charge is -2.53. The molecule has 7 nitrogen and oxygen atoms in total. The Hall–Kier alpha value is -1.16. The predicted molar refractivity (Wildman–Crippen MR) is 102 cm³/mol. The molecule has 0 radical (unpaired) electrons. The van der Waals surface area contributed by atoms with Crippen molar-refractivity contribution in [1.82, 2.24) is 5.43 Å². The van der Waals surface area contributed by atoms with Gasteiger partial charge in [0.2, 0.25) is 0 Å². The molecule has 26 heavy (non-hydrogen) atoms. The number of nitrogens with one attached hydrogen (secondary N) is 1. The molecule has 146 valence electrons. The third-order valence-electron chi connectivity index (χ3n) is 5.61. The molecule has 0 aromatic heterocycles. The molecule has 1 aliphatic rings. The van der Waals surface area contributed by atoms with Crippen LogP contribution in [0.25, 0.3) is 0 Å². The quantitative estimate of drug-likeness (QED) is 0.417. The first-order valence-corrected chi connectivity index (χ1v) is 9.23. The van der Waals surface area contributed by atoms with Crippen LogP contribution in [-0.4, -0.2) is 65.0 Å². The predicted octanol–water partition coefficient (Wildman–Crippen LogP) is 0.315. The van der Waals surface area contributed by atoms with Gasteiger partial charge in [-0.15, -0.1) is 0 Å². The fourth-order valence-corrected chi connectivity index (χ4v) is 3.94. The van der Waals surface area contributed by atoms with Crippen molar-refractivity contribution in [2.75, 3.05) is 6.61 Å². The minimum absolute atomic E-state index is 0.639. The molecule has 0 spiro atoms. The number of nitrogens with zero attached hydrogens (tertiary/aromatic N) is 1. The Morgan fingerprint density at radius 2 is 1.54 bits per heavy atom. The van der Waals surface area contributed by atoms with Gasteiger partial charge in [-0.3, -0.25) is 5.43 Å². The molecule has 0 fully saturated rings. The number of aryl methyl sites for hydroxylation is 1. The highest BCUT2D eigenvalue weighted by atomic mass is 32.2. The number of hydrogen-bond donors (Lipinski definition) is 6. The number of aliphatic hydroxyl groups is 5. The van der Waals surface area contributed by atoms with Gasteiger partial charge in [-0.2, -0.15) is 5.10 Å². The summed E-state index contributed by atoms with van der Waals surface area (Å²) in [6.45, 7) is 6.14. The van der Waals surface area contributed by atoms with Crippen molar-refractivity contribution in [2.24, 2.45) is 5.10 Å². The molecule has 5 atom stereocenters. The monoisotopic (exact) mass is 384 g/mol. The Morgan fingerprint density at radius 3 is 2.04 bits per heavy atom. The Morgan fingerprint density at radius 1 is 1.00 bits per heavy atom. The van der Waals surface area contributed by atoms with Crippen molar-refractivity contribution in [3.63, 3.8) is 0 Å². The molecule has 0 bridgehead atoms. The van der Waals surface area contributed by atoms with Crippen LogP contribution < -0.4 is 5.43 Å². The van der Waals surface area contributed by atoms with Gasteiger partial charge in [0, 0.05) is 5.56 Å². The van der Waals surface area contributed by atoms with Crippen molar-refractivity contribution in [3.8, 4) is 0 Å². The zero-order chi connectivity index (χ0) is 20.0. The van der Waals surface area contributed by atoms with Gasteiger partial charge in [0.05, 0.1) is 6.61 Å². The maximum Gasteiger partial charge on any atom is 0.127 e. The van der Waals surface area contributed by atoms with E-state index in [-0.39, 0.29) is 0 Å². The highest BCUT2D eigenvalue weighted by Gasteiger charge is 2.64. The zero-order valence-electron chi connectivity index (χ0n) is 15.7. The van der Waals surface area contributed by atoms with Crippen molar-refractivity contribution >= 4 is 16.8 Å². The normalized spacial score (nSPS) is 26.7. The molecule has 1 aliphatic heterocycles. The SMILES string of the molecule is Cc1ccc(C2=NN[C@@H]([C@](C)(O)[C@](C)(O)[C@](C)(O)[C@](C)(O)CO)S2)cc1. The number of hydrogen-bond acceptors (Lipinski definition) is 8. The molecule has 0 aliphatic carbocycles. The van der Waals surface area contributed by atoms with Gasteiger partial charge in [-0.1, -0.05) is 41.6 Å². The largest absolute Gasteiger partial charge is 0.393 e. The fraction of sp³-hybridized carbons (Fsp3) is 0.611. The highest BCUT2D eigenvalue weighted by molar-refractivity contribution is 8.15. The van der Waals surface area contributed by atoms with Crippen LogP contribution in [0, 0.1) is 6.92 Å². The lowest BCUT2D eigenvalue weighted by Crippen LogP contribution is -2.75. The molecule has 0 amide bonds. The Labute approximate surface area is 157 Å². The average molecular weight is 384 g/mol. The zero-order valence-corrected chi connectivity index (χ0v) is 16.5. The number of thioether (sulfide) groups is 1. The minimum Gasteiger partial charge on any atom is -0.393 e. The summed E-state index contributed by atoms with van der Waals surface area (Å²) >= 11 is 1.21. The van der Waals surface area contributed by atoms with Gasteiger partial charge in [-0.05, 0) is 34.6 Å². The molecule has 2 rings (SSSR count). The second-order valence-corrected chi connectivity index (χ2v) is 8.73. The van der Waals surface area contributed by atoms with Crippen LogP contribution >= 0.6 is 11.8 Å². The average Bonchev–Trinajstić information content (AvgIpc) is 3.05. The van der Waals surface area contributed by atoms with E-state index in [2.05, 4.69) is 10.5 Å². The summed E-state index contributed by atoms with van der Waals surface area (Å²) in [7, 11) is 0. The third kappa shape index (κ3) is 3.26. The minimum atomic E-state index is -2.22. The Bertz CT molecular complexity index is 683. The van der Waals surface area contributed by atoms with Gasteiger partial charge >= 0.3 is 0 Å². The lowest BCUT2D eigenvalue weighted by atomic mass is 9.66. The molecular formula is C18H28N2O5S. The molecular weight excluding hydrogens is 356 g/mol. The Kier molecular flexibility index (Phi) is 5.51. The molecule has 1 aromatic carbocycles. The van der Waals surface area contributed by atoms with Crippen LogP contribution in [0.3, 0.4) is 0 Å². The van der Waals surface area contributed by atoms with E-state index in [4.69, 9.17) is 0 Å². The molecule has 1 heterocycles. The number of benzene rings is 1. The topological polar surface area (TPSA) is 126 Å². The molecule has 6 N–H and O–H groups in total. The molecule has 0 saturated carbocycles. The first-order valence-electron chi connectivity index (χ1n) is 8.35. The van der Waals surface area contributed by atoms with Crippen molar-refractivity contribution in [3.05, 3.63) is 35.4 Å². The highest BCUT2D eigenvalue weighted by Crippen LogP contribution is 2.44. The number of rotatable bonds is 6.